The molecular weight excluding hydrogens is 340 g/mol. The van der Waals surface area contributed by atoms with Gasteiger partial charge in [0.2, 0.25) is 11.8 Å². The van der Waals surface area contributed by atoms with Gasteiger partial charge in [-0.15, -0.1) is 0 Å². The topological polar surface area (TPSA) is 72.2 Å². The highest BCUT2D eigenvalue weighted by Gasteiger charge is 2.14. The van der Waals surface area contributed by atoms with Gasteiger partial charge in [0.05, 0.1) is 0 Å². The quantitative estimate of drug-likeness (QED) is 0.322. The number of ether oxygens (including phenoxy) is 2. The second-order valence-corrected chi connectivity index (χ2v) is 5.77. The molecule has 0 atom stereocenters. The van der Waals surface area contributed by atoms with Gasteiger partial charge in [-0.25, -0.2) is 4.79 Å². The minimum atomic E-state index is -0.534. The fourth-order valence-electron chi connectivity index (χ4n) is 2.12. The van der Waals surface area contributed by atoms with E-state index in [0.29, 0.717) is 11.3 Å². The molecule has 0 aliphatic rings. The maximum Gasteiger partial charge on any atom is 0.340 e. The molecule has 1 aromatic carbocycles. The first-order valence-corrected chi connectivity index (χ1v) is 8.31. The van der Waals surface area contributed by atoms with Crippen LogP contribution in [-0.2, 0) is 4.79 Å². The van der Waals surface area contributed by atoms with Crippen LogP contribution in [0.1, 0.15) is 30.5 Å². The van der Waals surface area contributed by atoms with Crippen molar-refractivity contribution in [3.8, 4) is 17.8 Å². The second kappa shape index (κ2) is 9.16. The van der Waals surface area contributed by atoms with Crippen molar-refractivity contribution >= 4 is 11.7 Å². The zero-order chi connectivity index (χ0) is 19.8. The summed E-state index contributed by atoms with van der Waals surface area (Å²) in [5.74, 6) is -0.118. The second-order valence-electron chi connectivity index (χ2n) is 5.77. The molecule has 5 nitrogen and oxygen atoms in total. The van der Waals surface area contributed by atoms with Gasteiger partial charge in [-0.05, 0) is 32.9 Å². The minimum absolute atomic E-state index is 0.0318. The van der Waals surface area contributed by atoms with Crippen molar-refractivity contribution in [2.75, 3.05) is 0 Å². The van der Waals surface area contributed by atoms with Gasteiger partial charge in [0, 0.05) is 17.2 Å². The van der Waals surface area contributed by atoms with Crippen molar-refractivity contribution in [3.05, 3.63) is 83.5 Å². The van der Waals surface area contributed by atoms with Crippen LogP contribution in [0.4, 0.5) is 0 Å². The number of nitrogens with zero attached hydrogens (tertiary/aromatic N) is 2. The number of carbonyl (C=O) groups excluding carboxylic acids is 1. The van der Waals surface area contributed by atoms with Crippen LogP contribution in [0, 0.1) is 18.3 Å². The fraction of sp³-hybridized carbons (Fsp3) is 0.136. The summed E-state index contributed by atoms with van der Waals surface area (Å²) >= 11 is 0. The molecule has 0 spiro atoms. The average Bonchev–Trinajstić information content (AvgIpc) is 2.66. The Bertz CT molecular complexity index is 966. The highest BCUT2D eigenvalue weighted by atomic mass is 16.5. The van der Waals surface area contributed by atoms with Gasteiger partial charge >= 0.3 is 5.97 Å². The zero-order valence-corrected chi connectivity index (χ0v) is 15.5. The third-order valence-corrected chi connectivity index (χ3v) is 3.57. The maximum atomic E-state index is 12.1. The number of rotatable bonds is 6. The Kier molecular flexibility index (Phi) is 6.67. The van der Waals surface area contributed by atoms with Crippen molar-refractivity contribution in [3.63, 3.8) is 0 Å². The predicted octanol–water partition coefficient (Wildman–Crippen LogP) is 4.74. The SMILES string of the molecule is C=C(Oc1nc(OC(=O)/C(C)=C/C=C\C)ccc1C#N)c1cccc(C)c1. The van der Waals surface area contributed by atoms with E-state index in [0.717, 1.165) is 11.1 Å². The summed E-state index contributed by atoms with van der Waals surface area (Å²) in [5.41, 5.74) is 2.46. The smallest absolute Gasteiger partial charge is 0.340 e. The average molecular weight is 360 g/mol. The molecule has 0 N–H and O–H groups in total. The van der Waals surface area contributed by atoms with Crippen molar-refractivity contribution in [1.29, 1.82) is 5.26 Å². The molecule has 2 aromatic rings. The number of benzene rings is 1. The molecule has 0 fully saturated rings. The first kappa shape index (κ1) is 19.7. The maximum absolute atomic E-state index is 12.1. The predicted molar refractivity (Wildman–Crippen MR) is 104 cm³/mol. The number of aromatic nitrogens is 1. The summed E-state index contributed by atoms with van der Waals surface area (Å²) in [6.07, 6.45) is 5.19. The van der Waals surface area contributed by atoms with Gasteiger partial charge in [0.1, 0.15) is 17.4 Å². The summed E-state index contributed by atoms with van der Waals surface area (Å²) in [7, 11) is 0. The van der Waals surface area contributed by atoms with Gasteiger partial charge < -0.3 is 9.47 Å². The van der Waals surface area contributed by atoms with Crippen LogP contribution in [-0.4, -0.2) is 11.0 Å². The lowest BCUT2D eigenvalue weighted by atomic mass is 10.1. The molecule has 0 bridgehead atoms. The highest BCUT2D eigenvalue weighted by Crippen LogP contribution is 2.25. The third-order valence-electron chi connectivity index (χ3n) is 3.57. The molecule has 1 aromatic heterocycles. The van der Waals surface area contributed by atoms with E-state index in [1.54, 1.807) is 25.2 Å². The van der Waals surface area contributed by atoms with Gasteiger partial charge in [-0.2, -0.15) is 10.2 Å². The molecule has 1 heterocycles. The number of nitriles is 1. The lowest BCUT2D eigenvalue weighted by Crippen LogP contribution is -2.10. The van der Waals surface area contributed by atoms with E-state index in [1.165, 1.54) is 12.1 Å². The van der Waals surface area contributed by atoms with Crippen LogP contribution in [0.25, 0.3) is 5.76 Å². The Morgan fingerprint density at radius 1 is 1.26 bits per heavy atom. The van der Waals surface area contributed by atoms with Crippen LogP contribution in [0.2, 0.25) is 0 Å². The van der Waals surface area contributed by atoms with E-state index in [4.69, 9.17) is 9.47 Å². The summed E-state index contributed by atoms with van der Waals surface area (Å²) in [5, 5.41) is 9.28. The van der Waals surface area contributed by atoms with Crippen molar-refractivity contribution in [2.45, 2.75) is 20.8 Å². The molecule has 0 aliphatic carbocycles. The minimum Gasteiger partial charge on any atom is -0.438 e. The van der Waals surface area contributed by atoms with Crippen LogP contribution < -0.4 is 9.47 Å². The van der Waals surface area contributed by atoms with E-state index >= 15 is 0 Å². The summed E-state index contributed by atoms with van der Waals surface area (Å²) < 4.78 is 10.9. The first-order valence-electron chi connectivity index (χ1n) is 8.31. The Hall–Kier alpha value is -3.65. The molecule has 0 saturated carbocycles. The highest BCUT2D eigenvalue weighted by molar-refractivity contribution is 5.89. The van der Waals surface area contributed by atoms with E-state index in [9.17, 15) is 10.1 Å². The van der Waals surface area contributed by atoms with Gasteiger partial charge in [0.25, 0.3) is 0 Å². The number of allylic oxidation sites excluding steroid dienone is 3. The van der Waals surface area contributed by atoms with Gasteiger partial charge in [-0.1, -0.05) is 48.6 Å². The van der Waals surface area contributed by atoms with Crippen LogP contribution in [0.5, 0.6) is 11.8 Å². The van der Waals surface area contributed by atoms with Crippen LogP contribution in [0.15, 0.2) is 66.8 Å². The van der Waals surface area contributed by atoms with Crippen molar-refractivity contribution < 1.29 is 14.3 Å². The monoisotopic (exact) mass is 360 g/mol. The number of hydrogen-bond acceptors (Lipinski definition) is 5. The number of pyridine rings is 1. The molecular formula is C22H20N2O3. The summed E-state index contributed by atoms with van der Waals surface area (Å²) in [4.78, 5) is 16.2. The van der Waals surface area contributed by atoms with E-state index < -0.39 is 5.97 Å². The summed E-state index contributed by atoms with van der Waals surface area (Å²) in [6.45, 7) is 9.34. The zero-order valence-electron chi connectivity index (χ0n) is 15.5. The third kappa shape index (κ3) is 5.41. The molecule has 27 heavy (non-hydrogen) atoms. The largest absolute Gasteiger partial charge is 0.438 e. The molecule has 0 unspecified atom stereocenters. The van der Waals surface area contributed by atoms with Gasteiger partial charge in [0.15, 0.2) is 0 Å². The Morgan fingerprint density at radius 2 is 2.04 bits per heavy atom. The van der Waals surface area contributed by atoms with Crippen LogP contribution in [0.3, 0.4) is 0 Å². The van der Waals surface area contributed by atoms with Crippen LogP contribution >= 0.6 is 0 Å². The number of hydrogen-bond donors (Lipinski definition) is 0. The molecule has 5 heteroatoms. The Labute approximate surface area is 158 Å². The molecule has 136 valence electrons. The van der Waals surface area contributed by atoms with Crippen molar-refractivity contribution in [1.82, 2.24) is 4.98 Å². The lowest BCUT2D eigenvalue weighted by Gasteiger charge is -2.11. The number of carbonyl (C=O) groups is 1. The molecule has 0 amide bonds. The number of aryl methyl sites for hydroxylation is 1. The molecule has 0 saturated heterocycles. The molecule has 2 rings (SSSR count). The normalized spacial score (nSPS) is 11.1. The Balaban J connectivity index is 2.24. The number of esters is 1. The Morgan fingerprint density at radius 3 is 2.70 bits per heavy atom. The molecule has 0 aliphatic heterocycles. The van der Waals surface area contributed by atoms with E-state index in [-0.39, 0.29) is 17.3 Å². The lowest BCUT2D eigenvalue weighted by molar-refractivity contribution is -0.130. The van der Waals surface area contributed by atoms with E-state index in [2.05, 4.69) is 11.6 Å². The molecule has 0 radical (unpaired) electrons. The van der Waals surface area contributed by atoms with E-state index in [1.807, 2.05) is 44.2 Å². The standard InChI is InChI=1S/C22H20N2O3/c1-5-6-9-16(3)22(25)27-20-12-11-19(14-23)21(24-20)26-17(4)18-10-7-8-15(2)13-18/h5-13H,4H2,1-3H3/b6-5-,16-9+. The van der Waals surface area contributed by atoms with Gasteiger partial charge in [-0.3, -0.25) is 0 Å². The summed E-state index contributed by atoms with van der Waals surface area (Å²) in [6, 6.07) is 12.5. The van der Waals surface area contributed by atoms with Crippen molar-refractivity contribution in [2.24, 2.45) is 0 Å². The first-order chi connectivity index (χ1) is 12.9. The fourth-order valence-corrected chi connectivity index (χ4v) is 2.12.